The maximum Gasteiger partial charge on any atom is 0.251 e. The van der Waals surface area contributed by atoms with Crippen molar-refractivity contribution in [2.24, 2.45) is 0 Å². The normalized spacial score (nSPS) is 11.9. The number of aromatic hydroxyl groups is 1. The number of rotatable bonds is 5. The van der Waals surface area contributed by atoms with Crippen LogP contribution < -0.4 is 10.9 Å². The quantitative estimate of drug-likeness (QED) is 0.769. The van der Waals surface area contributed by atoms with Crippen molar-refractivity contribution >= 4 is 5.91 Å². The Morgan fingerprint density at radius 3 is 2.55 bits per heavy atom. The second kappa shape index (κ2) is 6.91. The lowest BCUT2D eigenvalue weighted by molar-refractivity contribution is 0.0916. The van der Waals surface area contributed by atoms with Crippen LogP contribution in [0.4, 0.5) is 0 Å². The second-order valence-electron chi connectivity index (χ2n) is 4.86. The van der Waals surface area contributed by atoms with Gasteiger partial charge in [-0.25, -0.2) is 0 Å². The van der Waals surface area contributed by atoms with Crippen molar-refractivity contribution in [3.05, 3.63) is 64.1 Å². The van der Waals surface area contributed by atoms with Crippen LogP contribution in [-0.2, 0) is 6.54 Å². The lowest BCUT2D eigenvalue weighted by atomic mass is 10.1. The van der Waals surface area contributed by atoms with Crippen molar-refractivity contribution in [2.45, 2.75) is 19.6 Å². The van der Waals surface area contributed by atoms with Gasteiger partial charge in [-0.1, -0.05) is 12.1 Å². The molecule has 0 aliphatic carbocycles. The third-order valence-electron chi connectivity index (χ3n) is 3.33. The number of aliphatic hydroxyl groups excluding tert-OH is 1. The zero-order valence-corrected chi connectivity index (χ0v) is 12.2. The van der Waals surface area contributed by atoms with Crippen LogP contribution in [0.15, 0.2) is 47.4 Å². The summed E-state index contributed by atoms with van der Waals surface area (Å²) in [6, 6.07) is 8.91. The summed E-state index contributed by atoms with van der Waals surface area (Å²) >= 11 is 0. The number of hydrogen-bond donors (Lipinski definition) is 3. The van der Waals surface area contributed by atoms with E-state index in [4.69, 9.17) is 0 Å². The van der Waals surface area contributed by atoms with Gasteiger partial charge < -0.3 is 20.1 Å². The number of carbonyl (C=O) groups is 1. The summed E-state index contributed by atoms with van der Waals surface area (Å²) in [7, 11) is 0. The van der Waals surface area contributed by atoms with Crippen LogP contribution in [0.5, 0.6) is 5.75 Å². The average Bonchev–Trinajstić information content (AvgIpc) is 2.52. The topological polar surface area (TPSA) is 91.6 Å². The molecule has 2 aromatic rings. The number of phenols is 1. The SMILES string of the molecule is CCn1ccc(C(=O)NCC(O)c2ccc(O)cc2)cc1=O. The first-order valence-electron chi connectivity index (χ1n) is 6.97. The van der Waals surface area contributed by atoms with Crippen LogP contribution in [0.1, 0.15) is 28.9 Å². The van der Waals surface area contributed by atoms with Crippen molar-refractivity contribution in [2.75, 3.05) is 6.54 Å². The molecule has 2 rings (SSSR count). The molecule has 1 atom stereocenters. The fraction of sp³-hybridized carbons (Fsp3) is 0.250. The highest BCUT2D eigenvalue weighted by Gasteiger charge is 2.11. The molecular weight excluding hydrogens is 284 g/mol. The molecule has 0 aliphatic heterocycles. The van der Waals surface area contributed by atoms with E-state index in [9.17, 15) is 19.8 Å². The molecular formula is C16H18N2O4. The van der Waals surface area contributed by atoms with Gasteiger partial charge in [0.05, 0.1) is 6.10 Å². The Bertz CT molecular complexity index is 707. The van der Waals surface area contributed by atoms with Gasteiger partial charge in [0.25, 0.3) is 11.5 Å². The van der Waals surface area contributed by atoms with Crippen LogP contribution in [0.2, 0.25) is 0 Å². The summed E-state index contributed by atoms with van der Waals surface area (Å²) < 4.78 is 1.49. The van der Waals surface area contributed by atoms with Gasteiger partial charge in [-0.2, -0.15) is 0 Å². The largest absolute Gasteiger partial charge is 0.508 e. The first kappa shape index (κ1) is 15.8. The molecule has 0 aliphatic rings. The Morgan fingerprint density at radius 1 is 1.27 bits per heavy atom. The van der Waals surface area contributed by atoms with E-state index in [-0.39, 0.29) is 23.4 Å². The number of aromatic nitrogens is 1. The van der Waals surface area contributed by atoms with E-state index in [0.29, 0.717) is 12.1 Å². The number of benzene rings is 1. The first-order chi connectivity index (χ1) is 10.5. The summed E-state index contributed by atoms with van der Waals surface area (Å²) in [4.78, 5) is 23.7. The Kier molecular flexibility index (Phi) is 4.95. The fourth-order valence-corrected chi connectivity index (χ4v) is 2.02. The number of aliphatic hydroxyl groups is 1. The van der Waals surface area contributed by atoms with E-state index < -0.39 is 12.0 Å². The molecule has 0 saturated carbocycles. The molecule has 3 N–H and O–H groups in total. The summed E-state index contributed by atoms with van der Waals surface area (Å²) in [6.07, 6.45) is 0.675. The minimum atomic E-state index is -0.888. The minimum absolute atomic E-state index is 0.0144. The van der Waals surface area contributed by atoms with Crippen molar-refractivity contribution in [3.63, 3.8) is 0 Å². The molecule has 1 aromatic heterocycles. The number of nitrogens with one attached hydrogen (secondary N) is 1. The van der Waals surface area contributed by atoms with Crippen LogP contribution in [-0.4, -0.2) is 27.2 Å². The maximum atomic E-state index is 12.0. The number of phenolic OH excluding ortho intramolecular Hbond substituents is 1. The molecule has 0 radical (unpaired) electrons. The standard InChI is InChI=1S/C16H18N2O4/c1-2-18-8-7-12(9-15(18)21)16(22)17-10-14(20)11-3-5-13(19)6-4-11/h3-9,14,19-20H,2,10H2,1H3,(H,17,22). The Labute approximate surface area is 127 Å². The number of hydrogen-bond acceptors (Lipinski definition) is 4. The van der Waals surface area contributed by atoms with E-state index in [0.717, 1.165) is 0 Å². The third kappa shape index (κ3) is 3.73. The Hall–Kier alpha value is -2.60. The monoisotopic (exact) mass is 302 g/mol. The zero-order chi connectivity index (χ0) is 16.1. The maximum absolute atomic E-state index is 12.0. The Balaban J connectivity index is 1.99. The smallest absolute Gasteiger partial charge is 0.251 e. The molecule has 0 bridgehead atoms. The molecule has 1 aromatic carbocycles. The van der Waals surface area contributed by atoms with Gasteiger partial charge in [-0.15, -0.1) is 0 Å². The summed E-state index contributed by atoms with van der Waals surface area (Å²) in [5.74, 6) is -0.311. The van der Waals surface area contributed by atoms with Crippen molar-refractivity contribution < 1.29 is 15.0 Å². The summed E-state index contributed by atoms with van der Waals surface area (Å²) in [6.45, 7) is 2.40. The summed E-state index contributed by atoms with van der Waals surface area (Å²) in [5, 5.41) is 21.7. The zero-order valence-electron chi connectivity index (χ0n) is 12.2. The molecule has 1 amide bonds. The van der Waals surface area contributed by atoms with Gasteiger partial charge in [0.15, 0.2) is 0 Å². The van der Waals surface area contributed by atoms with Crippen molar-refractivity contribution in [1.29, 1.82) is 0 Å². The molecule has 0 fully saturated rings. The van der Waals surface area contributed by atoms with E-state index in [1.807, 2.05) is 6.92 Å². The highest BCUT2D eigenvalue weighted by molar-refractivity contribution is 5.93. The van der Waals surface area contributed by atoms with E-state index >= 15 is 0 Å². The lowest BCUT2D eigenvalue weighted by Crippen LogP contribution is -2.30. The second-order valence-corrected chi connectivity index (χ2v) is 4.86. The third-order valence-corrected chi connectivity index (χ3v) is 3.33. The molecule has 1 unspecified atom stereocenters. The molecule has 1 heterocycles. The van der Waals surface area contributed by atoms with Crippen LogP contribution in [0, 0.1) is 0 Å². The van der Waals surface area contributed by atoms with Gasteiger partial charge in [0, 0.05) is 30.9 Å². The minimum Gasteiger partial charge on any atom is -0.508 e. The van der Waals surface area contributed by atoms with Gasteiger partial charge in [0.2, 0.25) is 0 Å². The molecule has 6 nitrogen and oxygen atoms in total. The molecule has 22 heavy (non-hydrogen) atoms. The highest BCUT2D eigenvalue weighted by Crippen LogP contribution is 2.16. The lowest BCUT2D eigenvalue weighted by Gasteiger charge is -2.12. The number of nitrogens with zero attached hydrogens (tertiary/aromatic N) is 1. The van der Waals surface area contributed by atoms with Crippen LogP contribution in [0.3, 0.4) is 0 Å². The van der Waals surface area contributed by atoms with Crippen molar-refractivity contribution in [1.82, 2.24) is 9.88 Å². The van der Waals surface area contributed by atoms with Crippen LogP contribution in [0.25, 0.3) is 0 Å². The van der Waals surface area contributed by atoms with E-state index in [1.54, 1.807) is 24.4 Å². The van der Waals surface area contributed by atoms with E-state index in [2.05, 4.69) is 5.32 Å². The summed E-state index contributed by atoms with van der Waals surface area (Å²) in [5.41, 5.74) is 0.598. The van der Waals surface area contributed by atoms with Gasteiger partial charge in [0.1, 0.15) is 5.75 Å². The van der Waals surface area contributed by atoms with E-state index in [1.165, 1.54) is 22.8 Å². The van der Waals surface area contributed by atoms with Gasteiger partial charge in [-0.05, 0) is 30.7 Å². The predicted octanol–water partition coefficient (Wildman–Crippen LogP) is 1.04. The predicted molar refractivity (Wildman–Crippen MR) is 81.8 cm³/mol. The number of carbonyl (C=O) groups excluding carboxylic acids is 1. The molecule has 0 saturated heterocycles. The Morgan fingerprint density at radius 2 is 1.95 bits per heavy atom. The molecule has 0 spiro atoms. The fourth-order valence-electron chi connectivity index (χ4n) is 2.02. The highest BCUT2D eigenvalue weighted by atomic mass is 16.3. The number of aryl methyl sites for hydroxylation is 1. The number of amides is 1. The van der Waals surface area contributed by atoms with Crippen LogP contribution >= 0.6 is 0 Å². The van der Waals surface area contributed by atoms with Gasteiger partial charge in [-0.3, -0.25) is 9.59 Å². The van der Waals surface area contributed by atoms with Gasteiger partial charge >= 0.3 is 0 Å². The number of pyridine rings is 1. The molecule has 116 valence electrons. The molecule has 6 heteroatoms. The average molecular weight is 302 g/mol. The van der Waals surface area contributed by atoms with Crippen molar-refractivity contribution in [3.8, 4) is 5.75 Å². The first-order valence-corrected chi connectivity index (χ1v) is 6.97.